The molecule has 1 saturated heterocycles. The predicted molar refractivity (Wildman–Crippen MR) is 167 cm³/mol. The third kappa shape index (κ3) is 6.34. The van der Waals surface area contributed by atoms with E-state index in [1.54, 1.807) is 11.2 Å². The summed E-state index contributed by atoms with van der Waals surface area (Å²) in [6, 6.07) is 28.4. The first-order chi connectivity index (χ1) is 20.8. The van der Waals surface area contributed by atoms with Gasteiger partial charge in [-0.15, -0.1) is 0 Å². The summed E-state index contributed by atoms with van der Waals surface area (Å²) in [6.07, 6.45) is 3.54. The maximum absolute atomic E-state index is 14.4. The summed E-state index contributed by atoms with van der Waals surface area (Å²) in [5, 5.41) is 22.0. The molecular formula is C35H40N4O4. The van der Waals surface area contributed by atoms with Crippen molar-refractivity contribution in [3.05, 3.63) is 114 Å². The van der Waals surface area contributed by atoms with Gasteiger partial charge in [0, 0.05) is 25.2 Å². The van der Waals surface area contributed by atoms with Crippen molar-refractivity contribution >= 4 is 12.0 Å². The molecule has 3 aromatic carbocycles. The number of imidazole rings is 1. The Morgan fingerprint density at radius 1 is 0.953 bits per heavy atom. The molecule has 1 aromatic heterocycles. The number of piperazine rings is 1. The Bertz CT molecular complexity index is 1510. The summed E-state index contributed by atoms with van der Waals surface area (Å²) in [4.78, 5) is 34.2. The van der Waals surface area contributed by atoms with Crippen molar-refractivity contribution in [2.24, 2.45) is 0 Å². The number of unbranched alkanes of at least 4 members (excludes halogenated alkanes) is 1. The van der Waals surface area contributed by atoms with E-state index in [0.717, 1.165) is 29.5 Å². The molecule has 2 heterocycles. The Balaban J connectivity index is 1.56. The van der Waals surface area contributed by atoms with E-state index in [0.29, 0.717) is 24.2 Å². The van der Waals surface area contributed by atoms with Crippen LogP contribution < -0.4 is 0 Å². The molecule has 0 saturated carbocycles. The smallest absolute Gasteiger partial charge is 0.407 e. The highest BCUT2D eigenvalue weighted by molar-refractivity contribution is 5.98. The Morgan fingerprint density at radius 2 is 1.58 bits per heavy atom. The molecule has 4 aromatic rings. The van der Waals surface area contributed by atoms with Crippen molar-refractivity contribution in [3.63, 3.8) is 0 Å². The van der Waals surface area contributed by atoms with Gasteiger partial charge in [0.15, 0.2) is 5.69 Å². The summed E-state index contributed by atoms with van der Waals surface area (Å²) < 4.78 is 1.94. The van der Waals surface area contributed by atoms with Crippen LogP contribution in [0, 0.1) is 0 Å². The second-order valence-corrected chi connectivity index (χ2v) is 11.4. The van der Waals surface area contributed by atoms with E-state index in [1.165, 1.54) is 4.90 Å². The molecule has 43 heavy (non-hydrogen) atoms. The fourth-order valence-corrected chi connectivity index (χ4v) is 6.18. The van der Waals surface area contributed by atoms with Gasteiger partial charge >= 0.3 is 6.09 Å². The van der Waals surface area contributed by atoms with Gasteiger partial charge in [0.25, 0.3) is 5.91 Å². The number of hydrogen-bond donors (Lipinski definition) is 2. The Kier molecular flexibility index (Phi) is 9.26. The van der Waals surface area contributed by atoms with Crippen LogP contribution in [-0.4, -0.2) is 67.2 Å². The van der Waals surface area contributed by atoms with Crippen LogP contribution in [0.3, 0.4) is 0 Å². The van der Waals surface area contributed by atoms with Crippen molar-refractivity contribution in [1.29, 1.82) is 0 Å². The first kappa shape index (κ1) is 30.0. The van der Waals surface area contributed by atoms with Crippen LogP contribution >= 0.6 is 0 Å². The molecule has 2 N–H and O–H groups in total. The minimum absolute atomic E-state index is 0.221. The Hall–Kier alpha value is -4.43. The average Bonchev–Trinajstić information content (AvgIpc) is 3.49. The van der Waals surface area contributed by atoms with Gasteiger partial charge in [-0.1, -0.05) is 111 Å². The van der Waals surface area contributed by atoms with Crippen molar-refractivity contribution in [2.45, 2.75) is 57.2 Å². The lowest BCUT2D eigenvalue weighted by Gasteiger charge is -2.40. The predicted octanol–water partition coefficient (Wildman–Crippen LogP) is 6.24. The highest BCUT2D eigenvalue weighted by Gasteiger charge is 2.40. The fraction of sp³-hybridized carbons (Fsp3) is 0.343. The minimum atomic E-state index is -1.19. The molecular weight excluding hydrogens is 540 g/mol. The Labute approximate surface area is 253 Å². The summed E-state index contributed by atoms with van der Waals surface area (Å²) in [7, 11) is 0. The SMILES string of the molecule is CCCCC(O)(c1ccccc1)[C@H](C)n1cnc(C(=O)N2CCN(C(=O)O)C[C@H]2Cc2ccccc2)c1-c1ccccc1. The van der Waals surface area contributed by atoms with Crippen LogP contribution in [0.15, 0.2) is 97.3 Å². The number of hydrogen-bond acceptors (Lipinski definition) is 4. The summed E-state index contributed by atoms with van der Waals surface area (Å²) in [5.41, 5.74) is 2.43. The van der Waals surface area contributed by atoms with E-state index < -0.39 is 17.7 Å². The van der Waals surface area contributed by atoms with E-state index in [-0.39, 0.29) is 31.6 Å². The maximum Gasteiger partial charge on any atom is 0.407 e. The van der Waals surface area contributed by atoms with Gasteiger partial charge in [0.05, 0.1) is 24.1 Å². The van der Waals surface area contributed by atoms with E-state index in [9.17, 15) is 19.8 Å². The van der Waals surface area contributed by atoms with Gasteiger partial charge < -0.3 is 24.6 Å². The molecule has 1 aliphatic rings. The molecule has 0 spiro atoms. The first-order valence-electron chi connectivity index (χ1n) is 15.1. The number of benzene rings is 3. The normalized spacial score (nSPS) is 17.3. The maximum atomic E-state index is 14.4. The average molecular weight is 581 g/mol. The molecule has 0 bridgehead atoms. The number of amides is 2. The Morgan fingerprint density at radius 3 is 2.21 bits per heavy atom. The zero-order valence-electron chi connectivity index (χ0n) is 24.8. The van der Waals surface area contributed by atoms with E-state index >= 15 is 0 Å². The molecule has 1 aliphatic heterocycles. The molecule has 0 radical (unpaired) electrons. The third-order valence-electron chi connectivity index (χ3n) is 8.67. The molecule has 8 heteroatoms. The highest BCUT2D eigenvalue weighted by atomic mass is 16.4. The van der Waals surface area contributed by atoms with Crippen molar-refractivity contribution < 1.29 is 19.8 Å². The molecule has 3 atom stereocenters. The van der Waals surface area contributed by atoms with Crippen molar-refractivity contribution in [1.82, 2.24) is 19.4 Å². The van der Waals surface area contributed by atoms with Gasteiger partial charge in [-0.25, -0.2) is 9.78 Å². The first-order valence-corrected chi connectivity index (χ1v) is 15.1. The van der Waals surface area contributed by atoms with Gasteiger partial charge in [0.1, 0.15) is 5.60 Å². The number of nitrogens with zero attached hydrogens (tertiary/aromatic N) is 4. The van der Waals surface area contributed by atoms with Gasteiger partial charge in [-0.05, 0) is 30.9 Å². The second-order valence-electron chi connectivity index (χ2n) is 11.4. The number of carboxylic acid groups (broad SMARTS) is 1. The lowest BCUT2D eigenvalue weighted by atomic mass is 9.82. The molecule has 224 valence electrons. The largest absolute Gasteiger partial charge is 0.465 e. The standard InChI is InChI=1S/C35H40N4O4/c1-3-4-20-35(43,29-18-12-7-13-19-29)26(2)39-25-36-31(32(39)28-16-10-6-11-17-28)33(40)38-22-21-37(34(41)42)24-30(38)23-27-14-8-5-9-15-27/h5-19,25-26,30,43H,3-4,20-24H2,1-2H3,(H,41,42)/t26-,30+,35?/m0/s1. The van der Waals surface area contributed by atoms with E-state index in [2.05, 4.69) is 6.92 Å². The van der Waals surface area contributed by atoms with Crippen LogP contribution in [-0.2, 0) is 12.0 Å². The molecule has 1 fully saturated rings. The zero-order chi connectivity index (χ0) is 30.4. The topological polar surface area (TPSA) is 98.9 Å². The third-order valence-corrected chi connectivity index (χ3v) is 8.67. The number of aliphatic hydroxyl groups is 1. The molecule has 5 rings (SSSR count). The molecule has 1 unspecified atom stereocenters. The summed E-state index contributed by atoms with van der Waals surface area (Å²) in [5.74, 6) is -0.243. The number of carbonyl (C=O) groups is 2. The monoisotopic (exact) mass is 580 g/mol. The van der Waals surface area contributed by atoms with Crippen LogP contribution in [0.2, 0.25) is 0 Å². The fourth-order valence-electron chi connectivity index (χ4n) is 6.18. The quantitative estimate of drug-likeness (QED) is 0.232. The van der Waals surface area contributed by atoms with Gasteiger partial charge in [0.2, 0.25) is 0 Å². The molecule has 0 aliphatic carbocycles. The van der Waals surface area contributed by atoms with Crippen LogP contribution in [0.4, 0.5) is 4.79 Å². The summed E-state index contributed by atoms with van der Waals surface area (Å²) >= 11 is 0. The highest BCUT2D eigenvalue weighted by Crippen LogP contribution is 2.41. The van der Waals surface area contributed by atoms with Gasteiger partial charge in [-0.3, -0.25) is 4.79 Å². The lowest BCUT2D eigenvalue weighted by Crippen LogP contribution is -2.57. The van der Waals surface area contributed by atoms with E-state index in [1.807, 2.05) is 102 Å². The van der Waals surface area contributed by atoms with Crippen LogP contribution in [0.5, 0.6) is 0 Å². The molecule has 8 nitrogen and oxygen atoms in total. The van der Waals surface area contributed by atoms with E-state index in [4.69, 9.17) is 4.98 Å². The van der Waals surface area contributed by atoms with Crippen molar-refractivity contribution in [3.8, 4) is 11.3 Å². The number of rotatable bonds is 10. The zero-order valence-corrected chi connectivity index (χ0v) is 24.8. The second kappa shape index (κ2) is 13.3. The minimum Gasteiger partial charge on any atom is -0.465 e. The molecule has 2 amide bonds. The number of carbonyl (C=O) groups excluding carboxylic acids is 1. The number of aromatic nitrogens is 2. The van der Waals surface area contributed by atoms with Crippen molar-refractivity contribution in [2.75, 3.05) is 19.6 Å². The lowest BCUT2D eigenvalue weighted by molar-refractivity contribution is -0.0208. The van der Waals surface area contributed by atoms with Crippen LogP contribution in [0.1, 0.15) is 60.8 Å². The van der Waals surface area contributed by atoms with Crippen LogP contribution in [0.25, 0.3) is 11.3 Å². The van der Waals surface area contributed by atoms with Gasteiger partial charge in [-0.2, -0.15) is 0 Å². The summed E-state index contributed by atoms with van der Waals surface area (Å²) in [6.45, 7) is 4.81.